The van der Waals surface area contributed by atoms with E-state index in [-0.39, 0.29) is 5.54 Å². The van der Waals surface area contributed by atoms with E-state index in [2.05, 4.69) is 6.07 Å². The maximum Gasteiger partial charge on any atom is 0.113 e. The summed E-state index contributed by atoms with van der Waals surface area (Å²) in [5, 5.41) is 8.95. The summed E-state index contributed by atoms with van der Waals surface area (Å²) < 4.78 is 5.41. The van der Waals surface area contributed by atoms with Gasteiger partial charge in [0.2, 0.25) is 0 Å². The fourth-order valence-corrected chi connectivity index (χ4v) is 1.60. The molecule has 0 heterocycles. The Labute approximate surface area is 73.9 Å². The lowest BCUT2D eigenvalue weighted by Gasteiger charge is -2.46. The zero-order valence-electron chi connectivity index (χ0n) is 8.00. The molecule has 0 amide bonds. The first-order valence-corrected chi connectivity index (χ1v) is 4.35. The fourth-order valence-electron chi connectivity index (χ4n) is 1.60. The Kier molecular flexibility index (Phi) is 2.71. The third-order valence-corrected chi connectivity index (χ3v) is 2.60. The van der Waals surface area contributed by atoms with Crippen LogP contribution in [-0.2, 0) is 4.74 Å². The van der Waals surface area contributed by atoms with E-state index < -0.39 is 0 Å². The second-order valence-corrected chi connectivity index (χ2v) is 3.52. The van der Waals surface area contributed by atoms with Gasteiger partial charge in [0.1, 0.15) is 5.54 Å². The van der Waals surface area contributed by atoms with Gasteiger partial charge in [-0.05, 0) is 21.0 Å². The molecular weight excluding hydrogens is 152 g/mol. The van der Waals surface area contributed by atoms with Crippen molar-refractivity contribution in [2.24, 2.45) is 0 Å². The van der Waals surface area contributed by atoms with Gasteiger partial charge in [-0.3, -0.25) is 4.90 Å². The van der Waals surface area contributed by atoms with Crippen molar-refractivity contribution in [3.8, 4) is 6.07 Å². The van der Waals surface area contributed by atoms with Crippen LogP contribution >= 0.6 is 0 Å². The van der Waals surface area contributed by atoms with Crippen molar-refractivity contribution in [2.45, 2.75) is 31.4 Å². The van der Waals surface area contributed by atoms with Gasteiger partial charge in [0.15, 0.2) is 0 Å². The summed E-state index contributed by atoms with van der Waals surface area (Å²) in [5.41, 5.74) is -0.250. The van der Waals surface area contributed by atoms with Crippen LogP contribution in [0.5, 0.6) is 0 Å². The third-order valence-electron chi connectivity index (χ3n) is 2.60. The zero-order valence-corrected chi connectivity index (χ0v) is 8.00. The van der Waals surface area contributed by atoms with Gasteiger partial charge in [-0.15, -0.1) is 0 Å². The summed E-state index contributed by atoms with van der Waals surface area (Å²) in [6.45, 7) is 2.74. The molecule has 1 aliphatic carbocycles. The quantitative estimate of drug-likeness (QED) is 0.631. The molecule has 0 spiro atoms. The van der Waals surface area contributed by atoms with E-state index in [1.165, 1.54) is 0 Å². The summed E-state index contributed by atoms with van der Waals surface area (Å²) in [6, 6.07) is 2.35. The normalized spacial score (nSPS) is 34.4. The van der Waals surface area contributed by atoms with Crippen LogP contribution in [0.25, 0.3) is 0 Å². The predicted octanol–water partition coefficient (Wildman–Crippen LogP) is 1.01. The molecule has 0 saturated heterocycles. The molecule has 0 aromatic rings. The number of hydrogen-bond donors (Lipinski definition) is 0. The van der Waals surface area contributed by atoms with Crippen LogP contribution in [0.1, 0.15) is 19.8 Å². The zero-order chi connectivity index (χ0) is 9.19. The van der Waals surface area contributed by atoms with Crippen LogP contribution in [0.3, 0.4) is 0 Å². The number of nitrogens with zero attached hydrogens (tertiary/aromatic N) is 2. The summed E-state index contributed by atoms with van der Waals surface area (Å²) in [5.74, 6) is 0. The van der Waals surface area contributed by atoms with Crippen molar-refractivity contribution >= 4 is 0 Å². The van der Waals surface area contributed by atoms with E-state index in [9.17, 15) is 0 Å². The van der Waals surface area contributed by atoms with Crippen LogP contribution in [0.2, 0.25) is 0 Å². The molecule has 0 radical (unpaired) electrons. The van der Waals surface area contributed by atoms with E-state index in [1.54, 1.807) is 0 Å². The summed E-state index contributed by atoms with van der Waals surface area (Å²) in [6.07, 6.45) is 2.01. The second-order valence-electron chi connectivity index (χ2n) is 3.52. The lowest BCUT2D eigenvalue weighted by atomic mass is 9.74. The molecule has 0 unspecified atom stereocenters. The lowest BCUT2D eigenvalue weighted by Crippen LogP contribution is -2.56. The smallest absolute Gasteiger partial charge is 0.113 e. The van der Waals surface area contributed by atoms with Crippen LogP contribution in [0.15, 0.2) is 0 Å². The Bertz CT molecular complexity index is 189. The summed E-state index contributed by atoms with van der Waals surface area (Å²) in [7, 11) is 3.90. The second kappa shape index (κ2) is 3.42. The highest BCUT2D eigenvalue weighted by Crippen LogP contribution is 2.37. The van der Waals surface area contributed by atoms with Gasteiger partial charge in [0.05, 0.1) is 12.2 Å². The van der Waals surface area contributed by atoms with Crippen molar-refractivity contribution in [3.05, 3.63) is 0 Å². The molecule has 1 rings (SSSR count). The first-order chi connectivity index (χ1) is 5.64. The van der Waals surface area contributed by atoms with Gasteiger partial charge >= 0.3 is 0 Å². The topological polar surface area (TPSA) is 36.3 Å². The number of nitriles is 1. The van der Waals surface area contributed by atoms with Gasteiger partial charge in [-0.25, -0.2) is 0 Å². The fraction of sp³-hybridized carbons (Fsp3) is 0.889. The van der Waals surface area contributed by atoms with Crippen molar-refractivity contribution < 1.29 is 4.74 Å². The Balaban J connectivity index is 2.43. The average molecular weight is 168 g/mol. The minimum atomic E-state index is -0.250. The van der Waals surface area contributed by atoms with Crippen LogP contribution in [0.4, 0.5) is 0 Å². The monoisotopic (exact) mass is 168 g/mol. The van der Waals surface area contributed by atoms with Gasteiger partial charge in [0, 0.05) is 19.4 Å². The predicted molar refractivity (Wildman–Crippen MR) is 46.7 cm³/mol. The molecular formula is C9H16N2O. The number of rotatable bonds is 3. The van der Waals surface area contributed by atoms with E-state index in [0.717, 1.165) is 19.4 Å². The maximum atomic E-state index is 8.95. The Hall–Kier alpha value is -0.590. The van der Waals surface area contributed by atoms with Crippen LogP contribution in [0, 0.1) is 11.3 Å². The van der Waals surface area contributed by atoms with Crippen molar-refractivity contribution in [1.82, 2.24) is 4.90 Å². The van der Waals surface area contributed by atoms with E-state index in [0.29, 0.717) is 6.10 Å². The Morgan fingerprint density at radius 2 is 2.17 bits per heavy atom. The molecule has 1 saturated carbocycles. The molecule has 1 fully saturated rings. The Morgan fingerprint density at radius 3 is 2.50 bits per heavy atom. The highest BCUT2D eigenvalue weighted by atomic mass is 16.5. The molecule has 0 N–H and O–H groups in total. The van der Waals surface area contributed by atoms with Gasteiger partial charge in [0.25, 0.3) is 0 Å². The van der Waals surface area contributed by atoms with Crippen LogP contribution < -0.4 is 0 Å². The van der Waals surface area contributed by atoms with Crippen molar-refractivity contribution in [3.63, 3.8) is 0 Å². The summed E-state index contributed by atoms with van der Waals surface area (Å²) in [4.78, 5) is 1.99. The standard InChI is InChI=1S/C9H16N2O/c1-4-12-8-5-9(6-8,7-10)11(2)3/h8H,4-6H2,1-3H3. The average Bonchev–Trinajstić information content (AvgIpc) is 1.95. The Morgan fingerprint density at radius 1 is 1.58 bits per heavy atom. The molecule has 3 heteroatoms. The molecule has 0 aliphatic heterocycles. The molecule has 0 atom stereocenters. The van der Waals surface area contributed by atoms with Gasteiger partial charge in [-0.1, -0.05) is 0 Å². The van der Waals surface area contributed by atoms with Crippen LogP contribution in [-0.4, -0.2) is 37.2 Å². The molecule has 3 nitrogen and oxygen atoms in total. The lowest BCUT2D eigenvalue weighted by molar-refractivity contribution is -0.0638. The molecule has 0 bridgehead atoms. The molecule has 12 heavy (non-hydrogen) atoms. The molecule has 68 valence electrons. The maximum absolute atomic E-state index is 8.95. The van der Waals surface area contributed by atoms with Crippen molar-refractivity contribution in [1.29, 1.82) is 5.26 Å². The number of hydrogen-bond acceptors (Lipinski definition) is 3. The number of ether oxygens (including phenoxy) is 1. The minimum absolute atomic E-state index is 0.250. The van der Waals surface area contributed by atoms with Gasteiger partial charge < -0.3 is 4.74 Å². The highest BCUT2D eigenvalue weighted by molar-refractivity contribution is 5.16. The molecule has 0 aromatic heterocycles. The molecule has 1 aliphatic rings. The first kappa shape index (κ1) is 9.50. The minimum Gasteiger partial charge on any atom is -0.378 e. The first-order valence-electron chi connectivity index (χ1n) is 4.35. The van der Waals surface area contributed by atoms with Gasteiger partial charge in [-0.2, -0.15) is 5.26 Å². The molecule has 0 aromatic carbocycles. The summed E-state index contributed by atoms with van der Waals surface area (Å²) >= 11 is 0. The van der Waals surface area contributed by atoms with Crippen molar-refractivity contribution in [2.75, 3.05) is 20.7 Å². The van der Waals surface area contributed by atoms with E-state index in [1.807, 2.05) is 25.9 Å². The largest absolute Gasteiger partial charge is 0.378 e. The van der Waals surface area contributed by atoms with E-state index >= 15 is 0 Å². The SMILES string of the molecule is CCOC1CC(C#N)(N(C)C)C1. The third kappa shape index (κ3) is 1.45. The van der Waals surface area contributed by atoms with E-state index in [4.69, 9.17) is 10.00 Å². The highest BCUT2D eigenvalue weighted by Gasteiger charge is 2.47.